The molecule has 62 valence electrons. The number of oxazole rings is 1. The Kier molecular flexibility index (Phi) is 1.46. The van der Waals surface area contributed by atoms with Crippen molar-refractivity contribution in [2.24, 2.45) is 7.05 Å². The Hall–Kier alpha value is -1.58. The van der Waals surface area contributed by atoms with Gasteiger partial charge in [0.1, 0.15) is 6.26 Å². The lowest BCUT2D eigenvalue weighted by atomic mass is 10.4. The molecule has 4 nitrogen and oxygen atoms in total. The third kappa shape index (κ3) is 1.11. The molecule has 0 saturated heterocycles. The molecule has 0 N–H and O–H groups in total. The Balaban J connectivity index is 2.43. The normalized spacial score (nSPS) is 10.5. The molecular formula is C8H9N3O. The fraction of sp³-hybridized carbons (Fsp3) is 0.250. The van der Waals surface area contributed by atoms with Crippen molar-refractivity contribution < 1.29 is 4.42 Å². The van der Waals surface area contributed by atoms with Gasteiger partial charge in [0.05, 0.1) is 17.5 Å². The minimum absolute atomic E-state index is 0.626. The molecule has 0 aliphatic heterocycles. The Bertz CT molecular complexity index is 350. The lowest BCUT2D eigenvalue weighted by Crippen LogP contribution is -1.84. The van der Waals surface area contributed by atoms with Gasteiger partial charge in [0, 0.05) is 13.2 Å². The van der Waals surface area contributed by atoms with Gasteiger partial charge in [-0.2, -0.15) is 5.10 Å². The summed E-state index contributed by atoms with van der Waals surface area (Å²) in [5, 5.41) is 4.02. The monoisotopic (exact) mass is 163 g/mol. The molecule has 2 rings (SSSR count). The molecule has 2 aromatic heterocycles. The number of rotatable bonds is 1. The van der Waals surface area contributed by atoms with E-state index in [1.807, 2.05) is 20.2 Å². The third-order valence-electron chi connectivity index (χ3n) is 1.57. The van der Waals surface area contributed by atoms with E-state index in [1.54, 1.807) is 17.1 Å². The molecule has 0 aliphatic carbocycles. The van der Waals surface area contributed by atoms with Crippen LogP contribution >= 0.6 is 0 Å². The van der Waals surface area contributed by atoms with E-state index in [2.05, 4.69) is 10.1 Å². The highest BCUT2D eigenvalue weighted by atomic mass is 16.3. The predicted octanol–water partition coefficient (Wildman–Crippen LogP) is 1.38. The SMILES string of the molecule is Cc1coc(-c2cnn(C)c2)n1. The maximum absolute atomic E-state index is 5.20. The molecule has 0 radical (unpaired) electrons. The van der Waals surface area contributed by atoms with Gasteiger partial charge in [0.25, 0.3) is 0 Å². The van der Waals surface area contributed by atoms with E-state index in [4.69, 9.17) is 4.42 Å². The molecule has 2 heterocycles. The van der Waals surface area contributed by atoms with Crippen LogP contribution in [0.3, 0.4) is 0 Å². The smallest absolute Gasteiger partial charge is 0.229 e. The first kappa shape index (κ1) is 7.09. The summed E-state index contributed by atoms with van der Waals surface area (Å²) in [6.07, 6.45) is 5.22. The molecule has 12 heavy (non-hydrogen) atoms. The molecule has 4 heteroatoms. The van der Waals surface area contributed by atoms with Gasteiger partial charge < -0.3 is 4.42 Å². The van der Waals surface area contributed by atoms with E-state index in [-0.39, 0.29) is 0 Å². The summed E-state index contributed by atoms with van der Waals surface area (Å²) >= 11 is 0. The van der Waals surface area contributed by atoms with Crippen LogP contribution in [0.2, 0.25) is 0 Å². The van der Waals surface area contributed by atoms with E-state index < -0.39 is 0 Å². The Morgan fingerprint density at radius 3 is 2.83 bits per heavy atom. The minimum atomic E-state index is 0.626. The highest BCUT2D eigenvalue weighted by molar-refractivity contribution is 5.49. The average Bonchev–Trinajstić information content (AvgIpc) is 2.58. The maximum Gasteiger partial charge on any atom is 0.229 e. The van der Waals surface area contributed by atoms with Crippen LogP contribution in [0.4, 0.5) is 0 Å². The van der Waals surface area contributed by atoms with Gasteiger partial charge in [-0.15, -0.1) is 0 Å². The van der Waals surface area contributed by atoms with Crippen molar-refractivity contribution in [3.63, 3.8) is 0 Å². The summed E-state index contributed by atoms with van der Waals surface area (Å²) in [4.78, 5) is 4.17. The number of aryl methyl sites for hydroxylation is 2. The van der Waals surface area contributed by atoms with Gasteiger partial charge in [-0.3, -0.25) is 4.68 Å². The van der Waals surface area contributed by atoms with Crippen molar-refractivity contribution >= 4 is 0 Å². The molecule has 0 atom stereocenters. The standard InChI is InChI=1S/C8H9N3O/c1-6-5-12-8(10-6)7-3-9-11(2)4-7/h3-5H,1-2H3. The summed E-state index contributed by atoms with van der Waals surface area (Å²) in [7, 11) is 1.86. The van der Waals surface area contributed by atoms with Gasteiger partial charge in [0.2, 0.25) is 5.89 Å². The van der Waals surface area contributed by atoms with Crippen molar-refractivity contribution in [3.05, 3.63) is 24.4 Å². The largest absolute Gasteiger partial charge is 0.444 e. The summed E-state index contributed by atoms with van der Waals surface area (Å²) in [5.41, 5.74) is 1.79. The molecule has 2 aromatic rings. The first-order valence-corrected chi connectivity index (χ1v) is 3.67. The number of hydrogen-bond acceptors (Lipinski definition) is 3. The molecule has 0 saturated carbocycles. The second-order valence-corrected chi connectivity index (χ2v) is 2.70. The van der Waals surface area contributed by atoms with E-state index in [9.17, 15) is 0 Å². The first-order valence-electron chi connectivity index (χ1n) is 3.67. The van der Waals surface area contributed by atoms with Crippen LogP contribution in [0, 0.1) is 6.92 Å². The number of hydrogen-bond donors (Lipinski definition) is 0. The maximum atomic E-state index is 5.20. The van der Waals surface area contributed by atoms with Gasteiger partial charge >= 0.3 is 0 Å². The van der Waals surface area contributed by atoms with Crippen molar-refractivity contribution in [1.82, 2.24) is 14.8 Å². The lowest BCUT2D eigenvalue weighted by Gasteiger charge is -1.84. The molecule has 0 amide bonds. The lowest BCUT2D eigenvalue weighted by molar-refractivity contribution is 0.573. The van der Waals surface area contributed by atoms with Crippen LogP contribution in [0.5, 0.6) is 0 Å². The third-order valence-corrected chi connectivity index (χ3v) is 1.57. The molecule has 0 aromatic carbocycles. The number of nitrogens with zero attached hydrogens (tertiary/aromatic N) is 3. The van der Waals surface area contributed by atoms with Crippen LogP contribution in [-0.2, 0) is 7.05 Å². The zero-order chi connectivity index (χ0) is 8.55. The molecule has 0 fully saturated rings. The van der Waals surface area contributed by atoms with E-state index >= 15 is 0 Å². The predicted molar refractivity (Wildman–Crippen MR) is 43.4 cm³/mol. The summed E-state index contributed by atoms with van der Waals surface area (Å²) in [5.74, 6) is 0.626. The van der Waals surface area contributed by atoms with Crippen molar-refractivity contribution in [1.29, 1.82) is 0 Å². The van der Waals surface area contributed by atoms with Gasteiger partial charge in [-0.1, -0.05) is 0 Å². The number of aromatic nitrogens is 3. The molecule has 0 aliphatic rings. The Morgan fingerprint density at radius 2 is 2.33 bits per heavy atom. The highest BCUT2D eigenvalue weighted by Gasteiger charge is 2.05. The molecule has 0 spiro atoms. The van der Waals surface area contributed by atoms with Crippen LogP contribution < -0.4 is 0 Å². The van der Waals surface area contributed by atoms with Crippen molar-refractivity contribution in [2.45, 2.75) is 6.92 Å². The second kappa shape index (κ2) is 2.48. The van der Waals surface area contributed by atoms with Gasteiger partial charge in [0.15, 0.2) is 0 Å². The van der Waals surface area contributed by atoms with Crippen LogP contribution in [-0.4, -0.2) is 14.8 Å². The zero-order valence-corrected chi connectivity index (χ0v) is 6.98. The quantitative estimate of drug-likeness (QED) is 0.638. The van der Waals surface area contributed by atoms with Gasteiger partial charge in [-0.25, -0.2) is 4.98 Å². The van der Waals surface area contributed by atoms with Gasteiger partial charge in [-0.05, 0) is 6.92 Å². The van der Waals surface area contributed by atoms with E-state index in [1.165, 1.54) is 0 Å². The molecule has 0 unspecified atom stereocenters. The fourth-order valence-electron chi connectivity index (χ4n) is 1.02. The van der Waals surface area contributed by atoms with Crippen LogP contribution in [0.1, 0.15) is 5.69 Å². The minimum Gasteiger partial charge on any atom is -0.444 e. The van der Waals surface area contributed by atoms with Crippen LogP contribution in [0.25, 0.3) is 11.5 Å². The zero-order valence-electron chi connectivity index (χ0n) is 6.98. The molecular weight excluding hydrogens is 154 g/mol. The van der Waals surface area contributed by atoms with Crippen LogP contribution in [0.15, 0.2) is 23.1 Å². The van der Waals surface area contributed by atoms with Crippen molar-refractivity contribution in [2.75, 3.05) is 0 Å². The fourth-order valence-corrected chi connectivity index (χ4v) is 1.02. The topological polar surface area (TPSA) is 43.9 Å². The molecule has 0 bridgehead atoms. The van der Waals surface area contributed by atoms with E-state index in [0.717, 1.165) is 11.3 Å². The summed E-state index contributed by atoms with van der Waals surface area (Å²) < 4.78 is 6.92. The summed E-state index contributed by atoms with van der Waals surface area (Å²) in [6.45, 7) is 1.89. The Morgan fingerprint density at radius 1 is 1.50 bits per heavy atom. The average molecular weight is 163 g/mol. The van der Waals surface area contributed by atoms with E-state index in [0.29, 0.717) is 5.89 Å². The first-order chi connectivity index (χ1) is 5.75. The summed E-state index contributed by atoms with van der Waals surface area (Å²) in [6, 6.07) is 0. The Labute approximate surface area is 69.8 Å². The van der Waals surface area contributed by atoms with Crippen molar-refractivity contribution in [3.8, 4) is 11.5 Å². The highest BCUT2D eigenvalue weighted by Crippen LogP contribution is 2.16. The second-order valence-electron chi connectivity index (χ2n) is 2.70.